The molecule has 0 spiro atoms. The van der Waals surface area contributed by atoms with Gasteiger partial charge in [-0.2, -0.15) is 0 Å². The van der Waals surface area contributed by atoms with E-state index in [-0.39, 0.29) is 42.1 Å². The standard InChI is InChI=1S/C32H35Cl2N3O3S/c1-3-15-32(2)18-28(25-7-4-8-27(34)17-25)30(24-11-13-26(33)14-12-24)37(31(32)38)29(23-9-10-23)20-36-41(39,40)21-22-6-5-16-35-19-22/h3-8,11-14,16-17,19,23,28-30,36H,1,9-10,15,18,20-21H2,2H3/t28-,29?,30-,32+/m1/s1. The molecule has 41 heavy (non-hydrogen) atoms. The number of hydrogen-bond donors (Lipinski definition) is 1. The number of pyridine rings is 1. The zero-order valence-corrected chi connectivity index (χ0v) is 25.4. The molecule has 216 valence electrons. The van der Waals surface area contributed by atoms with Gasteiger partial charge in [0.25, 0.3) is 0 Å². The smallest absolute Gasteiger partial charge is 0.229 e. The Morgan fingerprint density at radius 3 is 2.49 bits per heavy atom. The average molecular weight is 613 g/mol. The van der Waals surface area contributed by atoms with Gasteiger partial charge in [0, 0.05) is 40.9 Å². The lowest BCUT2D eigenvalue weighted by Gasteiger charge is -2.52. The third-order valence-electron chi connectivity index (χ3n) is 8.30. The van der Waals surface area contributed by atoms with Crippen LogP contribution in [0.2, 0.25) is 10.0 Å². The Kier molecular flexibility index (Phi) is 8.90. The number of allylic oxidation sites excluding steroid dienone is 1. The molecule has 2 heterocycles. The van der Waals surface area contributed by atoms with E-state index < -0.39 is 15.4 Å². The van der Waals surface area contributed by atoms with Gasteiger partial charge in [-0.3, -0.25) is 9.78 Å². The van der Waals surface area contributed by atoms with Crippen LogP contribution < -0.4 is 4.72 Å². The van der Waals surface area contributed by atoms with Crippen molar-refractivity contribution in [2.75, 3.05) is 6.54 Å². The Labute approximate surface area is 252 Å². The van der Waals surface area contributed by atoms with Crippen LogP contribution in [0.15, 0.2) is 85.7 Å². The van der Waals surface area contributed by atoms with Crippen LogP contribution in [0.1, 0.15) is 61.3 Å². The zero-order valence-electron chi connectivity index (χ0n) is 23.0. The lowest BCUT2D eigenvalue weighted by Crippen LogP contribution is -2.58. The monoisotopic (exact) mass is 611 g/mol. The van der Waals surface area contributed by atoms with Crippen LogP contribution in [0, 0.1) is 11.3 Å². The third kappa shape index (κ3) is 6.86. The molecule has 9 heteroatoms. The van der Waals surface area contributed by atoms with Crippen molar-refractivity contribution < 1.29 is 13.2 Å². The summed E-state index contributed by atoms with van der Waals surface area (Å²) in [5.41, 5.74) is 1.89. The molecule has 2 aliphatic rings. The van der Waals surface area contributed by atoms with Crippen molar-refractivity contribution in [1.82, 2.24) is 14.6 Å². The van der Waals surface area contributed by atoms with Gasteiger partial charge in [0.1, 0.15) is 0 Å². The molecular weight excluding hydrogens is 577 g/mol. The van der Waals surface area contributed by atoms with Crippen LogP contribution in [-0.2, 0) is 20.6 Å². The number of likely N-dealkylation sites (tertiary alicyclic amines) is 1. The van der Waals surface area contributed by atoms with E-state index in [9.17, 15) is 13.2 Å². The van der Waals surface area contributed by atoms with E-state index in [4.69, 9.17) is 23.2 Å². The molecule has 2 fully saturated rings. The Morgan fingerprint density at radius 1 is 1.10 bits per heavy atom. The first-order valence-electron chi connectivity index (χ1n) is 13.9. The maximum atomic E-state index is 14.6. The Morgan fingerprint density at radius 2 is 1.85 bits per heavy atom. The van der Waals surface area contributed by atoms with Crippen molar-refractivity contribution in [2.45, 2.75) is 56.4 Å². The summed E-state index contributed by atoms with van der Waals surface area (Å²) in [5, 5.41) is 1.24. The van der Waals surface area contributed by atoms with Crippen molar-refractivity contribution in [3.8, 4) is 0 Å². The summed E-state index contributed by atoms with van der Waals surface area (Å²) in [6.45, 7) is 6.09. The molecule has 1 unspecified atom stereocenters. The largest absolute Gasteiger partial charge is 0.330 e. The fourth-order valence-electron chi connectivity index (χ4n) is 6.19. The van der Waals surface area contributed by atoms with Gasteiger partial charge < -0.3 is 4.90 Å². The summed E-state index contributed by atoms with van der Waals surface area (Å²) >= 11 is 12.7. The van der Waals surface area contributed by atoms with Gasteiger partial charge in [-0.15, -0.1) is 6.58 Å². The molecule has 6 nitrogen and oxygen atoms in total. The van der Waals surface area contributed by atoms with Crippen LogP contribution in [-0.4, -0.2) is 36.8 Å². The number of sulfonamides is 1. The van der Waals surface area contributed by atoms with Crippen LogP contribution in [0.4, 0.5) is 0 Å². The van der Waals surface area contributed by atoms with Gasteiger partial charge in [0.2, 0.25) is 15.9 Å². The molecule has 4 atom stereocenters. The highest BCUT2D eigenvalue weighted by Crippen LogP contribution is 2.54. The normalized spacial score (nSPS) is 23.8. The quantitative estimate of drug-likeness (QED) is 0.238. The third-order valence-corrected chi connectivity index (χ3v) is 10.1. The number of amides is 1. The van der Waals surface area contributed by atoms with Gasteiger partial charge in [0.05, 0.1) is 17.2 Å². The molecule has 1 amide bonds. The van der Waals surface area contributed by atoms with Crippen molar-refractivity contribution in [2.24, 2.45) is 11.3 Å². The summed E-state index contributed by atoms with van der Waals surface area (Å²) in [6, 6.07) is 18.3. The highest BCUT2D eigenvalue weighted by molar-refractivity contribution is 7.88. The second-order valence-electron chi connectivity index (χ2n) is 11.5. The zero-order chi connectivity index (χ0) is 29.2. The van der Waals surface area contributed by atoms with E-state index in [1.165, 1.54) is 0 Å². The lowest BCUT2D eigenvalue weighted by atomic mass is 9.67. The molecule has 1 aliphatic heterocycles. The van der Waals surface area contributed by atoms with Crippen molar-refractivity contribution >= 4 is 39.1 Å². The van der Waals surface area contributed by atoms with E-state index in [0.717, 1.165) is 24.0 Å². The molecule has 1 saturated heterocycles. The van der Waals surface area contributed by atoms with Crippen LogP contribution in [0.3, 0.4) is 0 Å². The molecule has 0 radical (unpaired) electrons. The van der Waals surface area contributed by atoms with Gasteiger partial charge in [-0.1, -0.05) is 66.5 Å². The highest BCUT2D eigenvalue weighted by Gasteiger charge is 2.53. The number of hydrogen-bond acceptors (Lipinski definition) is 4. The fraction of sp³-hybridized carbons (Fsp3) is 0.375. The predicted octanol–water partition coefficient (Wildman–Crippen LogP) is 6.93. The average Bonchev–Trinajstić information content (AvgIpc) is 3.77. The lowest BCUT2D eigenvalue weighted by molar-refractivity contribution is -0.155. The molecule has 1 aliphatic carbocycles. The molecule has 1 N–H and O–H groups in total. The number of benzene rings is 2. The molecule has 1 saturated carbocycles. The van der Waals surface area contributed by atoms with Crippen molar-refractivity contribution in [3.05, 3.63) is 112 Å². The summed E-state index contributed by atoms with van der Waals surface area (Å²) in [7, 11) is -3.67. The van der Waals surface area contributed by atoms with E-state index >= 15 is 0 Å². The summed E-state index contributed by atoms with van der Waals surface area (Å²) in [4.78, 5) is 20.6. The minimum Gasteiger partial charge on any atom is -0.330 e. The van der Waals surface area contributed by atoms with Gasteiger partial charge in [0.15, 0.2) is 0 Å². The van der Waals surface area contributed by atoms with Crippen LogP contribution >= 0.6 is 23.2 Å². The molecule has 1 aromatic heterocycles. The molecule has 5 rings (SSSR count). The van der Waals surface area contributed by atoms with E-state index in [0.29, 0.717) is 28.5 Å². The molecule has 2 aromatic carbocycles. The Hall–Kier alpha value is -2.71. The number of halogens is 2. The van der Waals surface area contributed by atoms with E-state index in [2.05, 4.69) is 22.4 Å². The molecular formula is C32H35Cl2N3O3S. The van der Waals surface area contributed by atoms with Crippen molar-refractivity contribution in [1.29, 1.82) is 0 Å². The second-order valence-corrected chi connectivity index (χ2v) is 14.2. The minimum absolute atomic E-state index is 0.0129. The maximum Gasteiger partial charge on any atom is 0.229 e. The molecule has 3 aromatic rings. The number of rotatable bonds is 11. The summed E-state index contributed by atoms with van der Waals surface area (Å²) in [6.07, 6.45) is 7.96. The first kappa shape index (κ1) is 29.8. The number of nitrogens with zero attached hydrogens (tertiary/aromatic N) is 2. The Balaban J connectivity index is 1.56. The van der Waals surface area contributed by atoms with E-state index in [1.54, 1.807) is 30.6 Å². The first-order chi connectivity index (χ1) is 19.6. The van der Waals surface area contributed by atoms with Crippen LogP contribution in [0.5, 0.6) is 0 Å². The second kappa shape index (κ2) is 12.3. The number of carbonyl (C=O) groups is 1. The van der Waals surface area contributed by atoms with Crippen LogP contribution in [0.25, 0.3) is 0 Å². The van der Waals surface area contributed by atoms with Gasteiger partial charge in [-0.25, -0.2) is 13.1 Å². The maximum absolute atomic E-state index is 14.6. The first-order valence-corrected chi connectivity index (χ1v) is 16.3. The van der Waals surface area contributed by atoms with E-state index in [1.807, 2.05) is 54.3 Å². The highest BCUT2D eigenvalue weighted by atomic mass is 35.5. The van der Waals surface area contributed by atoms with Gasteiger partial charge >= 0.3 is 0 Å². The minimum atomic E-state index is -3.67. The topological polar surface area (TPSA) is 79.4 Å². The molecule has 0 bridgehead atoms. The summed E-state index contributed by atoms with van der Waals surface area (Å²) in [5.74, 6) is -0.0442. The fourth-order valence-corrected chi connectivity index (χ4v) is 7.65. The van der Waals surface area contributed by atoms with Crippen molar-refractivity contribution in [3.63, 3.8) is 0 Å². The van der Waals surface area contributed by atoms with Gasteiger partial charge in [-0.05, 0) is 78.6 Å². The number of aromatic nitrogens is 1. The number of nitrogens with one attached hydrogen (secondary N) is 1. The number of carbonyl (C=O) groups excluding carboxylic acids is 1. The predicted molar refractivity (Wildman–Crippen MR) is 164 cm³/mol. The Bertz CT molecular complexity index is 1500. The summed E-state index contributed by atoms with van der Waals surface area (Å²) < 4.78 is 29.2. The number of piperidine rings is 1. The SMILES string of the molecule is C=CC[C@@]1(C)C[C@H](c2cccc(Cl)c2)[C@@H](c2ccc(Cl)cc2)N(C(CNS(=O)(=O)Cc2cccnc2)C2CC2)C1=O.